The van der Waals surface area contributed by atoms with Crippen molar-refractivity contribution in [3.05, 3.63) is 54.1 Å². The lowest BCUT2D eigenvalue weighted by molar-refractivity contribution is -0.192. The average Bonchev–Trinajstić information content (AvgIpc) is 2.92. The topological polar surface area (TPSA) is 259 Å². The zero-order valence-corrected chi connectivity index (χ0v) is 22.4. The van der Waals surface area contributed by atoms with Crippen LogP contribution in [0.2, 0.25) is 0 Å². The van der Waals surface area contributed by atoms with Crippen LogP contribution in [0.4, 0.5) is 24.5 Å². The molecular weight excluding hydrogens is 583 g/mol. The van der Waals surface area contributed by atoms with E-state index in [1.807, 2.05) is 0 Å². The Morgan fingerprint density at radius 2 is 1.60 bits per heavy atom. The third-order valence-corrected chi connectivity index (χ3v) is 4.83. The number of halogens is 3. The fourth-order valence-corrected chi connectivity index (χ4v) is 2.92. The average molecular weight is 614 g/mol. The molecular formula is C25H30F3N7O8. The first-order valence-corrected chi connectivity index (χ1v) is 12.2. The normalized spacial score (nSPS) is 11.1. The zero-order chi connectivity index (χ0) is 32.6. The van der Waals surface area contributed by atoms with Crippen LogP contribution >= 0.6 is 0 Å². The van der Waals surface area contributed by atoms with Gasteiger partial charge in [0.05, 0.1) is 19.6 Å². The summed E-state index contributed by atoms with van der Waals surface area (Å²) < 4.78 is 37.2. The predicted octanol–water partition coefficient (Wildman–Crippen LogP) is 0.681. The molecule has 0 aliphatic carbocycles. The molecule has 0 heterocycles. The summed E-state index contributed by atoms with van der Waals surface area (Å²) in [4.78, 5) is 57.4. The lowest BCUT2D eigenvalue weighted by Gasteiger charge is -2.17. The van der Waals surface area contributed by atoms with Crippen molar-refractivity contribution in [2.24, 2.45) is 11.5 Å². The molecule has 2 aromatic rings. The van der Waals surface area contributed by atoms with Gasteiger partial charge >= 0.3 is 18.1 Å². The molecule has 234 valence electrons. The maximum Gasteiger partial charge on any atom is 0.490 e. The minimum Gasteiger partial charge on any atom is -0.494 e. The number of carboxylic acid groups (broad SMARTS) is 2. The lowest BCUT2D eigenvalue weighted by atomic mass is 10.1. The summed E-state index contributed by atoms with van der Waals surface area (Å²) in [6.45, 7) is 0.452. The van der Waals surface area contributed by atoms with Gasteiger partial charge in [0, 0.05) is 16.9 Å². The van der Waals surface area contributed by atoms with E-state index in [4.69, 9.17) is 36.6 Å². The lowest BCUT2D eigenvalue weighted by Crippen LogP contribution is -2.48. The monoisotopic (exact) mass is 613 g/mol. The molecule has 2 rings (SSSR count). The second-order valence-corrected chi connectivity index (χ2v) is 8.33. The highest BCUT2D eigenvalue weighted by Gasteiger charge is 2.38. The molecule has 11 N–H and O–H groups in total. The summed E-state index contributed by atoms with van der Waals surface area (Å²) >= 11 is 0. The SMILES string of the molecule is N=C(N)Nc1cccc(C(=O)NCC(=O)NC(CC(=O)O)C(=O)Nc2ccc(OCCCN)cc2)c1.O=C(O)C(F)(F)F. The van der Waals surface area contributed by atoms with Crippen LogP contribution < -0.4 is 37.5 Å². The summed E-state index contributed by atoms with van der Waals surface area (Å²) in [6, 6.07) is 11.1. The van der Waals surface area contributed by atoms with E-state index in [0.29, 0.717) is 36.7 Å². The van der Waals surface area contributed by atoms with E-state index < -0.39 is 54.8 Å². The van der Waals surface area contributed by atoms with E-state index in [1.54, 1.807) is 36.4 Å². The van der Waals surface area contributed by atoms with Crippen molar-refractivity contribution in [2.75, 3.05) is 30.3 Å². The first-order valence-electron chi connectivity index (χ1n) is 12.2. The highest BCUT2D eigenvalue weighted by molar-refractivity contribution is 6.01. The number of rotatable bonds is 13. The molecule has 0 bridgehead atoms. The molecule has 0 fully saturated rings. The first kappa shape index (κ1) is 35.6. The Labute approximate surface area is 242 Å². The van der Waals surface area contributed by atoms with E-state index in [2.05, 4.69) is 21.3 Å². The van der Waals surface area contributed by atoms with E-state index >= 15 is 0 Å². The van der Waals surface area contributed by atoms with Crippen LogP contribution in [0.1, 0.15) is 23.2 Å². The Morgan fingerprint density at radius 1 is 0.977 bits per heavy atom. The second kappa shape index (κ2) is 17.4. The van der Waals surface area contributed by atoms with Crippen molar-refractivity contribution in [3.8, 4) is 5.75 Å². The number of carboxylic acids is 2. The maximum atomic E-state index is 12.6. The molecule has 1 unspecified atom stereocenters. The quantitative estimate of drug-likeness (QED) is 0.0862. The zero-order valence-electron chi connectivity index (χ0n) is 22.4. The minimum atomic E-state index is -5.08. The molecule has 0 saturated carbocycles. The third-order valence-electron chi connectivity index (χ3n) is 4.83. The van der Waals surface area contributed by atoms with E-state index in [1.165, 1.54) is 12.1 Å². The van der Waals surface area contributed by atoms with Gasteiger partial charge in [0.15, 0.2) is 5.96 Å². The Balaban J connectivity index is 0.00000117. The minimum absolute atomic E-state index is 0.198. The summed E-state index contributed by atoms with van der Waals surface area (Å²) in [5, 5.41) is 33.3. The molecule has 0 aliphatic rings. The Hall–Kier alpha value is -5.39. The molecule has 0 spiro atoms. The Kier molecular flexibility index (Phi) is 14.4. The number of aliphatic carboxylic acids is 2. The van der Waals surface area contributed by atoms with Gasteiger partial charge < -0.3 is 47.7 Å². The highest BCUT2D eigenvalue weighted by atomic mass is 19.4. The molecule has 0 aromatic heterocycles. The second-order valence-electron chi connectivity index (χ2n) is 8.33. The van der Waals surface area contributed by atoms with Crippen LogP contribution in [0.5, 0.6) is 5.75 Å². The number of alkyl halides is 3. The number of ether oxygens (including phenoxy) is 1. The van der Waals surface area contributed by atoms with Crippen LogP contribution in [-0.4, -0.2) is 77.7 Å². The van der Waals surface area contributed by atoms with Gasteiger partial charge in [-0.05, 0) is 55.4 Å². The first-order chi connectivity index (χ1) is 20.1. The van der Waals surface area contributed by atoms with E-state index in [-0.39, 0.29) is 11.5 Å². The maximum absolute atomic E-state index is 12.6. The summed E-state index contributed by atoms with van der Waals surface area (Å²) in [6.07, 6.45) is -5.05. The number of amides is 3. The molecule has 15 nitrogen and oxygen atoms in total. The number of benzene rings is 2. The highest BCUT2D eigenvalue weighted by Crippen LogP contribution is 2.16. The standard InChI is InChI=1S/C23H29N7O6.C2HF3O2/c24-9-2-10-36-17-7-5-15(6-8-17)28-22(35)18(12-20(32)33)30-19(31)13-27-21(34)14-3-1-4-16(11-14)29-23(25)26;3-2(4,5)1(6)7/h1,3-8,11,18H,2,9-10,12-13,24H2,(H,27,34)(H,28,35)(H,30,31)(H,32,33)(H4,25,26,29);(H,6,7). The van der Waals surface area contributed by atoms with Gasteiger partial charge in [-0.1, -0.05) is 6.07 Å². The van der Waals surface area contributed by atoms with Crippen LogP contribution in [0.15, 0.2) is 48.5 Å². The fourth-order valence-electron chi connectivity index (χ4n) is 2.92. The molecule has 2 aromatic carbocycles. The van der Waals surface area contributed by atoms with Crippen molar-refractivity contribution < 1.29 is 52.1 Å². The summed E-state index contributed by atoms with van der Waals surface area (Å²) in [7, 11) is 0. The molecule has 18 heteroatoms. The van der Waals surface area contributed by atoms with Crippen molar-refractivity contribution in [1.29, 1.82) is 5.41 Å². The largest absolute Gasteiger partial charge is 0.494 e. The number of hydrogen-bond donors (Lipinski definition) is 9. The van der Waals surface area contributed by atoms with Crippen LogP contribution in [-0.2, 0) is 19.2 Å². The number of hydrogen-bond acceptors (Lipinski definition) is 8. The van der Waals surface area contributed by atoms with Crippen LogP contribution in [0.3, 0.4) is 0 Å². The van der Waals surface area contributed by atoms with Gasteiger partial charge in [-0.15, -0.1) is 0 Å². The Morgan fingerprint density at radius 3 is 2.14 bits per heavy atom. The van der Waals surface area contributed by atoms with Crippen molar-refractivity contribution in [1.82, 2.24) is 10.6 Å². The molecule has 0 saturated heterocycles. The van der Waals surface area contributed by atoms with Gasteiger partial charge in [-0.2, -0.15) is 13.2 Å². The molecule has 0 radical (unpaired) electrons. The smallest absolute Gasteiger partial charge is 0.490 e. The summed E-state index contributed by atoms with van der Waals surface area (Å²) in [5.41, 5.74) is 11.7. The van der Waals surface area contributed by atoms with Crippen molar-refractivity contribution >= 4 is 47.0 Å². The van der Waals surface area contributed by atoms with E-state index in [0.717, 1.165) is 0 Å². The Bertz CT molecular complexity index is 1290. The van der Waals surface area contributed by atoms with Gasteiger partial charge in [-0.25, -0.2) is 4.79 Å². The number of nitrogens with two attached hydrogens (primary N) is 2. The number of anilines is 2. The van der Waals surface area contributed by atoms with Crippen molar-refractivity contribution in [3.63, 3.8) is 0 Å². The number of guanidine groups is 1. The predicted molar refractivity (Wildman–Crippen MR) is 146 cm³/mol. The number of carbonyl (C=O) groups excluding carboxylic acids is 3. The number of nitrogens with one attached hydrogen (secondary N) is 5. The van der Waals surface area contributed by atoms with Gasteiger partial charge in [0.25, 0.3) is 5.91 Å². The van der Waals surface area contributed by atoms with Crippen LogP contribution in [0.25, 0.3) is 0 Å². The number of carbonyl (C=O) groups is 5. The van der Waals surface area contributed by atoms with E-state index in [9.17, 15) is 32.3 Å². The van der Waals surface area contributed by atoms with Gasteiger partial charge in [-0.3, -0.25) is 24.6 Å². The molecule has 0 aliphatic heterocycles. The van der Waals surface area contributed by atoms with Crippen molar-refractivity contribution in [2.45, 2.75) is 25.1 Å². The third kappa shape index (κ3) is 14.7. The molecule has 43 heavy (non-hydrogen) atoms. The molecule has 3 amide bonds. The fraction of sp³-hybridized carbons (Fsp3) is 0.280. The van der Waals surface area contributed by atoms with Crippen LogP contribution in [0, 0.1) is 5.41 Å². The van der Waals surface area contributed by atoms with Gasteiger partial charge in [0.1, 0.15) is 11.8 Å². The summed E-state index contributed by atoms with van der Waals surface area (Å²) in [5.74, 6) is -5.87. The van der Waals surface area contributed by atoms with Gasteiger partial charge in [0.2, 0.25) is 11.8 Å². The molecule has 1 atom stereocenters.